The van der Waals surface area contributed by atoms with Gasteiger partial charge in [-0.2, -0.15) is 0 Å². The van der Waals surface area contributed by atoms with Crippen LogP contribution in [0.4, 0.5) is 0 Å². The van der Waals surface area contributed by atoms with Crippen molar-refractivity contribution in [1.29, 1.82) is 0 Å². The molecule has 0 fully saturated rings. The van der Waals surface area contributed by atoms with Gasteiger partial charge in [-0.05, 0) is 13.8 Å². The SMILES string of the molecule is Cc1nc(Cl)sc1S(=O)(=O)NC(C)Cn1ccnc1. The van der Waals surface area contributed by atoms with E-state index in [0.29, 0.717) is 12.2 Å². The molecule has 0 aliphatic rings. The molecule has 0 amide bonds. The summed E-state index contributed by atoms with van der Waals surface area (Å²) < 4.78 is 29.2. The molecule has 1 unspecified atom stereocenters. The Balaban J connectivity index is 2.11. The summed E-state index contributed by atoms with van der Waals surface area (Å²) in [6.07, 6.45) is 5.06. The third-order valence-corrected chi connectivity index (χ3v) is 5.83. The molecule has 0 aliphatic heterocycles. The van der Waals surface area contributed by atoms with E-state index >= 15 is 0 Å². The molecule has 0 saturated carbocycles. The van der Waals surface area contributed by atoms with Crippen LogP contribution in [-0.2, 0) is 16.6 Å². The van der Waals surface area contributed by atoms with Gasteiger partial charge in [-0.3, -0.25) is 0 Å². The molecule has 0 aromatic carbocycles. The Labute approximate surface area is 120 Å². The maximum absolute atomic E-state index is 12.2. The lowest BCUT2D eigenvalue weighted by atomic mass is 10.4. The van der Waals surface area contributed by atoms with Gasteiger partial charge in [0.15, 0.2) is 8.68 Å². The number of rotatable bonds is 5. The number of hydrogen-bond donors (Lipinski definition) is 1. The molecule has 0 spiro atoms. The highest BCUT2D eigenvalue weighted by Crippen LogP contribution is 2.26. The van der Waals surface area contributed by atoms with Crippen molar-refractivity contribution in [3.63, 3.8) is 0 Å². The molecule has 0 saturated heterocycles. The number of aromatic nitrogens is 3. The molecule has 9 heteroatoms. The summed E-state index contributed by atoms with van der Waals surface area (Å²) in [6, 6.07) is -0.264. The Morgan fingerprint density at radius 3 is 2.84 bits per heavy atom. The van der Waals surface area contributed by atoms with Gasteiger partial charge < -0.3 is 4.57 Å². The van der Waals surface area contributed by atoms with Gasteiger partial charge in [-0.15, -0.1) is 0 Å². The fourth-order valence-electron chi connectivity index (χ4n) is 1.67. The second-order valence-electron chi connectivity index (χ2n) is 4.12. The van der Waals surface area contributed by atoms with Gasteiger partial charge in [0.1, 0.15) is 0 Å². The minimum atomic E-state index is -3.58. The molecule has 104 valence electrons. The Kier molecular flexibility index (Phi) is 4.24. The standard InChI is InChI=1S/C10H13ClN4O2S2/c1-7(5-15-4-3-12-6-15)14-19(16,17)9-8(2)13-10(11)18-9/h3-4,6-7,14H,5H2,1-2H3. The number of imidazole rings is 1. The summed E-state index contributed by atoms with van der Waals surface area (Å²) in [6.45, 7) is 3.91. The quantitative estimate of drug-likeness (QED) is 0.909. The molecule has 0 aliphatic carbocycles. The number of halogens is 1. The van der Waals surface area contributed by atoms with E-state index in [1.54, 1.807) is 37.1 Å². The number of aryl methyl sites for hydroxylation is 1. The second kappa shape index (κ2) is 5.58. The van der Waals surface area contributed by atoms with Crippen molar-refractivity contribution < 1.29 is 8.42 Å². The first-order valence-corrected chi connectivity index (χ1v) is 8.17. The van der Waals surface area contributed by atoms with Gasteiger partial charge in [0.2, 0.25) is 0 Å². The smallest absolute Gasteiger partial charge is 0.252 e. The minimum Gasteiger partial charge on any atom is -0.336 e. The van der Waals surface area contributed by atoms with Crippen LogP contribution in [0, 0.1) is 6.92 Å². The van der Waals surface area contributed by atoms with E-state index < -0.39 is 10.0 Å². The van der Waals surface area contributed by atoms with Crippen LogP contribution in [0.3, 0.4) is 0 Å². The molecule has 19 heavy (non-hydrogen) atoms. The van der Waals surface area contributed by atoms with E-state index in [0.717, 1.165) is 11.3 Å². The Hall–Kier alpha value is -0.960. The summed E-state index contributed by atoms with van der Waals surface area (Å²) in [4.78, 5) is 7.82. The fraction of sp³-hybridized carbons (Fsp3) is 0.400. The van der Waals surface area contributed by atoms with Crippen molar-refractivity contribution in [3.8, 4) is 0 Å². The summed E-state index contributed by atoms with van der Waals surface area (Å²) in [5.41, 5.74) is 0.414. The lowest BCUT2D eigenvalue weighted by molar-refractivity contribution is 0.521. The van der Waals surface area contributed by atoms with Crippen LogP contribution in [-0.4, -0.2) is 29.0 Å². The summed E-state index contributed by atoms with van der Waals surface area (Å²) in [7, 11) is -3.58. The highest BCUT2D eigenvalue weighted by Gasteiger charge is 2.23. The average Bonchev–Trinajstić information content (AvgIpc) is 2.87. The topological polar surface area (TPSA) is 76.9 Å². The van der Waals surface area contributed by atoms with E-state index in [4.69, 9.17) is 11.6 Å². The predicted molar refractivity (Wildman–Crippen MR) is 73.9 cm³/mol. The molecule has 1 N–H and O–H groups in total. The maximum atomic E-state index is 12.2. The molecular formula is C10H13ClN4O2S2. The Morgan fingerprint density at radius 2 is 2.32 bits per heavy atom. The number of sulfonamides is 1. The van der Waals surface area contributed by atoms with Crippen LogP contribution in [0.1, 0.15) is 12.6 Å². The van der Waals surface area contributed by atoms with Gasteiger partial charge in [-0.25, -0.2) is 23.1 Å². The van der Waals surface area contributed by atoms with Crippen molar-refractivity contribution in [3.05, 3.63) is 28.9 Å². The third-order valence-electron chi connectivity index (χ3n) is 2.37. The average molecular weight is 321 g/mol. The molecular weight excluding hydrogens is 308 g/mol. The molecule has 2 rings (SSSR count). The van der Waals surface area contributed by atoms with Crippen LogP contribution in [0.15, 0.2) is 22.9 Å². The zero-order chi connectivity index (χ0) is 14.0. The first-order valence-electron chi connectivity index (χ1n) is 5.49. The Bertz CT molecular complexity index is 651. The van der Waals surface area contributed by atoms with Crippen LogP contribution < -0.4 is 4.72 Å². The normalized spacial score (nSPS) is 13.6. The zero-order valence-corrected chi connectivity index (χ0v) is 12.8. The monoisotopic (exact) mass is 320 g/mol. The highest BCUT2D eigenvalue weighted by atomic mass is 35.5. The minimum absolute atomic E-state index is 0.162. The largest absolute Gasteiger partial charge is 0.336 e. The lowest BCUT2D eigenvalue weighted by Crippen LogP contribution is -2.35. The van der Waals surface area contributed by atoms with Gasteiger partial charge in [-0.1, -0.05) is 22.9 Å². The maximum Gasteiger partial charge on any atom is 0.252 e. The van der Waals surface area contributed by atoms with Crippen LogP contribution in [0.5, 0.6) is 0 Å². The predicted octanol–water partition coefficient (Wildman–Crippen LogP) is 1.67. The van der Waals surface area contributed by atoms with Crippen molar-refractivity contribution in [2.24, 2.45) is 0 Å². The lowest BCUT2D eigenvalue weighted by Gasteiger charge is -2.14. The number of nitrogens with zero attached hydrogens (tertiary/aromatic N) is 3. The van der Waals surface area contributed by atoms with E-state index in [-0.39, 0.29) is 14.7 Å². The number of hydrogen-bond acceptors (Lipinski definition) is 5. The molecule has 2 heterocycles. The summed E-state index contributed by atoms with van der Waals surface area (Å²) in [5.74, 6) is 0. The first kappa shape index (κ1) is 14.4. The van der Waals surface area contributed by atoms with E-state index in [9.17, 15) is 8.42 Å². The Morgan fingerprint density at radius 1 is 1.58 bits per heavy atom. The third kappa shape index (κ3) is 3.53. The van der Waals surface area contributed by atoms with Crippen LogP contribution >= 0.6 is 22.9 Å². The highest BCUT2D eigenvalue weighted by molar-refractivity contribution is 7.91. The molecule has 1 atom stereocenters. The van der Waals surface area contributed by atoms with E-state index in [1.165, 1.54) is 0 Å². The van der Waals surface area contributed by atoms with Crippen molar-refractivity contribution in [1.82, 2.24) is 19.3 Å². The van der Waals surface area contributed by atoms with Gasteiger partial charge in [0, 0.05) is 25.0 Å². The van der Waals surface area contributed by atoms with Crippen molar-refractivity contribution in [2.75, 3.05) is 0 Å². The first-order chi connectivity index (χ1) is 8.88. The summed E-state index contributed by atoms with van der Waals surface area (Å²) in [5, 5.41) is 0. The van der Waals surface area contributed by atoms with Crippen LogP contribution in [0.25, 0.3) is 0 Å². The molecule has 6 nitrogen and oxygen atoms in total. The van der Waals surface area contributed by atoms with E-state index in [1.807, 2.05) is 0 Å². The number of nitrogens with one attached hydrogen (secondary N) is 1. The molecule has 2 aromatic rings. The van der Waals surface area contributed by atoms with Gasteiger partial charge in [0.25, 0.3) is 10.0 Å². The van der Waals surface area contributed by atoms with Crippen molar-refractivity contribution in [2.45, 2.75) is 30.6 Å². The summed E-state index contributed by atoms with van der Waals surface area (Å²) >= 11 is 6.68. The molecule has 0 bridgehead atoms. The van der Waals surface area contributed by atoms with Gasteiger partial charge >= 0.3 is 0 Å². The van der Waals surface area contributed by atoms with Crippen LogP contribution in [0.2, 0.25) is 4.47 Å². The second-order valence-corrected chi connectivity index (χ2v) is 7.61. The van der Waals surface area contributed by atoms with Gasteiger partial charge in [0.05, 0.1) is 12.0 Å². The molecule has 0 radical (unpaired) electrons. The molecule has 2 aromatic heterocycles. The fourth-order valence-corrected chi connectivity index (χ4v) is 4.66. The zero-order valence-electron chi connectivity index (χ0n) is 10.4. The van der Waals surface area contributed by atoms with Crippen molar-refractivity contribution >= 4 is 33.0 Å². The number of thiazole rings is 1. The van der Waals surface area contributed by atoms with E-state index in [2.05, 4.69) is 14.7 Å².